The van der Waals surface area contributed by atoms with E-state index in [4.69, 9.17) is 4.74 Å². The molecule has 2 aromatic carbocycles. The number of hydrogen-bond acceptors (Lipinski definition) is 3. The molecule has 0 saturated heterocycles. The molecule has 26 heavy (non-hydrogen) atoms. The molecule has 4 nitrogen and oxygen atoms in total. The first-order valence-corrected chi connectivity index (χ1v) is 8.39. The van der Waals surface area contributed by atoms with Gasteiger partial charge in [-0.3, -0.25) is 9.69 Å². The van der Waals surface area contributed by atoms with E-state index in [9.17, 15) is 13.6 Å². The number of nitrogens with zero attached hydrogens (tertiary/aromatic N) is 2. The van der Waals surface area contributed by atoms with Crippen LogP contribution in [0, 0.1) is 11.6 Å². The maximum Gasteiger partial charge on any atom is 0.257 e. The Morgan fingerprint density at radius 1 is 1.08 bits per heavy atom. The lowest BCUT2D eigenvalue weighted by Gasteiger charge is -2.40. The number of methoxy groups -OCH3 is 1. The van der Waals surface area contributed by atoms with Crippen molar-refractivity contribution in [1.82, 2.24) is 4.90 Å². The molecule has 6 heteroatoms. The Bertz CT molecular complexity index is 804. The maximum atomic E-state index is 14.2. The Morgan fingerprint density at radius 2 is 1.73 bits per heavy atom. The first-order chi connectivity index (χ1) is 12.6. The Morgan fingerprint density at radius 3 is 2.31 bits per heavy atom. The van der Waals surface area contributed by atoms with Gasteiger partial charge in [-0.15, -0.1) is 0 Å². The first kappa shape index (κ1) is 17.9. The van der Waals surface area contributed by atoms with Gasteiger partial charge in [-0.05, 0) is 24.1 Å². The van der Waals surface area contributed by atoms with Crippen molar-refractivity contribution in [3.63, 3.8) is 0 Å². The second-order valence-electron chi connectivity index (χ2n) is 5.97. The van der Waals surface area contributed by atoms with Gasteiger partial charge in [0.25, 0.3) is 5.91 Å². The quantitative estimate of drug-likeness (QED) is 0.803. The fraction of sp³-hybridized carbons (Fsp3) is 0.250. The van der Waals surface area contributed by atoms with Crippen molar-refractivity contribution in [3.05, 3.63) is 77.7 Å². The van der Waals surface area contributed by atoms with E-state index in [1.807, 2.05) is 42.2 Å². The number of benzene rings is 2. The summed E-state index contributed by atoms with van der Waals surface area (Å²) in [6, 6.07) is 13.2. The monoisotopic (exact) mass is 358 g/mol. The fourth-order valence-electron chi connectivity index (χ4n) is 3.23. The molecular formula is C20H20F2N2O2. The molecule has 0 aliphatic carbocycles. The fourth-order valence-corrected chi connectivity index (χ4v) is 3.23. The third-order valence-corrected chi connectivity index (χ3v) is 4.45. The minimum atomic E-state index is -0.777. The van der Waals surface area contributed by atoms with Gasteiger partial charge in [0.1, 0.15) is 24.0 Å². The molecule has 0 radical (unpaired) electrons. The van der Waals surface area contributed by atoms with Crippen molar-refractivity contribution in [1.29, 1.82) is 0 Å². The molecule has 1 aliphatic heterocycles. The summed E-state index contributed by atoms with van der Waals surface area (Å²) < 4.78 is 33.8. The molecule has 0 saturated carbocycles. The van der Waals surface area contributed by atoms with Crippen molar-refractivity contribution in [2.45, 2.75) is 19.4 Å². The van der Waals surface area contributed by atoms with Gasteiger partial charge >= 0.3 is 0 Å². The second-order valence-corrected chi connectivity index (χ2v) is 5.97. The summed E-state index contributed by atoms with van der Waals surface area (Å²) in [4.78, 5) is 15.4. The van der Waals surface area contributed by atoms with Gasteiger partial charge < -0.3 is 9.64 Å². The average molecular weight is 358 g/mol. The standard InChI is InChI=1S/C20H20F2N2O2/c1-3-17(14-8-5-4-6-9-14)23-13-24(18(25)12-19(23)26-2)20-15(21)10-7-11-16(20)22/h4-12,17H,3,13H2,1-2H3. The topological polar surface area (TPSA) is 32.8 Å². The summed E-state index contributed by atoms with van der Waals surface area (Å²) in [6.45, 7) is 2.00. The van der Waals surface area contributed by atoms with Gasteiger partial charge in [0.15, 0.2) is 5.88 Å². The Balaban J connectivity index is 2.03. The summed E-state index contributed by atoms with van der Waals surface area (Å²) in [5.41, 5.74) is 0.679. The highest BCUT2D eigenvalue weighted by Gasteiger charge is 2.33. The van der Waals surface area contributed by atoms with Crippen LogP contribution in [0.3, 0.4) is 0 Å². The van der Waals surface area contributed by atoms with Crippen LogP contribution in [0.1, 0.15) is 24.9 Å². The van der Waals surface area contributed by atoms with Crippen LogP contribution in [0.5, 0.6) is 0 Å². The third-order valence-electron chi connectivity index (χ3n) is 4.45. The Labute approximate surface area is 151 Å². The third kappa shape index (κ3) is 3.27. The van der Waals surface area contributed by atoms with Crippen LogP contribution >= 0.6 is 0 Å². The zero-order valence-electron chi connectivity index (χ0n) is 14.7. The van der Waals surface area contributed by atoms with Crippen LogP contribution in [0.4, 0.5) is 14.5 Å². The van der Waals surface area contributed by atoms with Crippen molar-refractivity contribution in [2.24, 2.45) is 0 Å². The van der Waals surface area contributed by atoms with Gasteiger partial charge in [0.2, 0.25) is 0 Å². The summed E-state index contributed by atoms with van der Waals surface area (Å²) in [5, 5.41) is 0. The molecule has 1 heterocycles. The normalized spacial score (nSPS) is 15.7. The minimum Gasteiger partial charge on any atom is -0.482 e. The number of para-hydroxylation sites is 1. The molecule has 136 valence electrons. The molecular weight excluding hydrogens is 338 g/mol. The summed E-state index contributed by atoms with van der Waals surface area (Å²) in [7, 11) is 1.48. The highest BCUT2D eigenvalue weighted by Crippen LogP contribution is 2.33. The number of amides is 1. The van der Waals surface area contributed by atoms with Gasteiger partial charge in [0, 0.05) is 0 Å². The number of ether oxygens (including phenoxy) is 1. The average Bonchev–Trinajstić information content (AvgIpc) is 2.65. The van der Waals surface area contributed by atoms with E-state index in [0.29, 0.717) is 5.88 Å². The molecule has 2 aromatic rings. The van der Waals surface area contributed by atoms with Crippen LogP contribution < -0.4 is 4.90 Å². The molecule has 1 amide bonds. The zero-order chi connectivity index (χ0) is 18.7. The van der Waals surface area contributed by atoms with Crippen LogP contribution in [0.2, 0.25) is 0 Å². The molecule has 1 unspecified atom stereocenters. The second kappa shape index (κ2) is 7.56. The molecule has 0 spiro atoms. The zero-order valence-corrected chi connectivity index (χ0v) is 14.7. The summed E-state index contributed by atoms with van der Waals surface area (Å²) >= 11 is 0. The summed E-state index contributed by atoms with van der Waals surface area (Å²) in [6.07, 6.45) is 1.99. The predicted molar refractivity (Wildman–Crippen MR) is 95.1 cm³/mol. The predicted octanol–water partition coefficient (Wildman–Crippen LogP) is 4.21. The van der Waals surface area contributed by atoms with Crippen molar-refractivity contribution < 1.29 is 18.3 Å². The van der Waals surface area contributed by atoms with Gasteiger partial charge in [-0.1, -0.05) is 43.3 Å². The van der Waals surface area contributed by atoms with Crippen molar-refractivity contribution >= 4 is 11.6 Å². The number of hydrogen-bond donors (Lipinski definition) is 0. The highest BCUT2D eigenvalue weighted by molar-refractivity contribution is 6.02. The van der Waals surface area contributed by atoms with E-state index in [-0.39, 0.29) is 18.4 Å². The lowest BCUT2D eigenvalue weighted by molar-refractivity contribution is -0.116. The van der Waals surface area contributed by atoms with Gasteiger partial charge in [-0.2, -0.15) is 0 Å². The Kier molecular flexibility index (Phi) is 5.21. The van der Waals surface area contributed by atoms with Crippen LogP contribution in [0.25, 0.3) is 0 Å². The number of carbonyl (C=O) groups is 1. The molecule has 0 aromatic heterocycles. The first-order valence-electron chi connectivity index (χ1n) is 8.39. The van der Waals surface area contributed by atoms with E-state index in [1.165, 1.54) is 19.3 Å². The van der Waals surface area contributed by atoms with E-state index in [2.05, 4.69) is 0 Å². The van der Waals surface area contributed by atoms with E-state index < -0.39 is 17.5 Å². The number of anilines is 1. The molecule has 1 atom stereocenters. The van der Waals surface area contributed by atoms with Crippen LogP contribution in [-0.4, -0.2) is 24.6 Å². The molecule has 0 N–H and O–H groups in total. The molecule has 3 rings (SSSR count). The number of carbonyl (C=O) groups excluding carboxylic acids is 1. The SMILES string of the molecule is CCC(c1ccccc1)N1CN(c2c(F)cccc2F)C(=O)C=C1OC. The lowest BCUT2D eigenvalue weighted by Crippen LogP contribution is -2.47. The van der Waals surface area contributed by atoms with E-state index >= 15 is 0 Å². The smallest absolute Gasteiger partial charge is 0.257 e. The Hall–Kier alpha value is -2.89. The van der Waals surface area contributed by atoms with E-state index in [1.54, 1.807) is 0 Å². The molecule has 0 fully saturated rings. The minimum absolute atomic E-state index is 0.0102. The summed E-state index contributed by atoms with van der Waals surface area (Å²) in [5.74, 6) is -1.70. The van der Waals surface area contributed by atoms with Crippen LogP contribution in [0.15, 0.2) is 60.5 Å². The van der Waals surface area contributed by atoms with Gasteiger partial charge in [-0.25, -0.2) is 8.78 Å². The van der Waals surface area contributed by atoms with Crippen molar-refractivity contribution in [2.75, 3.05) is 18.7 Å². The van der Waals surface area contributed by atoms with Crippen molar-refractivity contribution in [3.8, 4) is 0 Å². The largest absolute Gasteiger partial charge is 0.482 e. The number of halogens is 2. The lowest BCUT2D eigenvalue weighted by atomic mass is 10.0. The van der Waals surface area contributed by atoms with Gasteiger partial charge in [0.05, 0.1) is 19.2 Å². The van der Waals surface area contributed by atoms with Crippen LogP contribution in [-0.2, 0) is 9.53 Å². The highest BCUT2D eigenvalue weighted by atomic mass is 19.1. The molecule has 0 bridgehead atoms. The molecule has 1 aliphatic rings. The number of rotatable bonds is 5. The van der Waals surface area contributed by atoms with E-state index in [0.717, 1.165) is 29.0 Å². The maximum absolute atomic E-state index is 14.2.